The van der Waals surface area contributed by atoms with Crippen molar-refractivity contribution in [2.45, 2.75) is 32.9 Å². The molecule has 0 spiro atoms. The van der Waals surface area contributed by atoms with E-state index < -0.39 is 0 Å². The maximum absolute atomic E-state index is 12.9. The third-order valence-corrected chi connectivity index (χ3v) is 3.58. The highest BCUT2D eigenvalue weighted by Crippen LogP contribution is 2.14. The fraction of sp³-hybridized carbons (Fsp3) is 0.278. The van der Waals surface area contributed by atoms with E-state index in [1.54, 1.807) is 12.1 Å². The zero-order valence-electron chi connectivity index (χ0n) is 13.1. The van der Waals surface area contributed by atoms with Crippen LogP contribution in [-0.4, -0.2) is 11.9 Å². The van der Waals surface area contributed by atoms with Gasteiger partial charge in [0.25, 0.3) is 0 Å². The minimum Gasteiger partial charge on any atom is -0.325 e. The summed E-state index contributed by atoms with van der Waals surface area (Å²) in [5.41, 5.74) is 2.86. The SMILES string of the molecule is Cc1ccc(NC(=O)[C@@H](C)N[C@H](C)c2ccc(F)cc2)cc1. The molecular formula is C18H21FN2O. The van der Waals surface area contributed by atoms with E-state index in [1.165, 1.54) is 12.1 Å². The first-order chi connectivity index (χ1) is 10.5. The Morgan fingerprint density at radius 3 is 2.18 bits per heavy atom. The Morgan fingerprint density at radius 2 is 1.59 bits per heavy atom. The molecule has 1 amide bonds. The Kier molecular flexibility index (Phi) is 5.28. The standard InChI is InChI=1S/C18H21FN2O/c1-12-4-10-17(11-5-12)21-18(22)14(3)20-13(2)15-6-8-16(19)9-7-15/h4-11,13-14,20H,1-3H3,(H,21,22)/t13-,14-/m1/s1. The summed E-state index contributed by atoms with van der Waals surface area (Å²) in [7, 11) is 0. The number of carbonyl (C=O) groups is 1. The summed E-state index contributed by atoms with van der Waals surface area (Å²) in [5.74, 6) is -0.362. The second kappa shape index (κ2) is 7.18. The second-order valence-electron chi connectivity index (χ2n) is 5.52. The molecule has 0 aliphatic rings. The highest BCUT2D eigenvalue weighted by atomic mass is 19.1. The van der Waals surface area contributed by atoms with E-state index in [2.05, 4.69) is 10.6 Å². The maximum atomic E-state index is 12.9. The second-order valence-corrected chi connectivity index (χ2v) is 5.52. The number of halogens is 1. The third kappa shape index (κ3) is 4.40. The predicted molar refractivity (Wildman–Crippen MR) is 87.2 cm³/mol. The van der Waals surface area contributed by atoms with Crippen LogP contribution in [0.5, 0.6) is 0 Å². The number of nitrogens with one attached hydrogen (secondary N) is 2. The first-order valence-electron chi connectivity index (χ1n) is 7.35. The molecule has 3 nitrogen and oxygen atoms in total. The van der Waals surface area contributed by atoms with E-state index in [4.69, 9.17) is 0 Å². The van der Waals surface area contributed by atoms with E-state index in [0.717, 1.165) is 16.8 Å². The van der Waals surface area contributed by atoms with Gasteiger partial charge in [0.1, 0.15) is 5.82 Å². The van der Waals surface area contributed by atoms with E-state index in [9.17, 15) is 9.18 Å². The lowest BCUT2D eigenvalue weighted by atomic mass is 10.1. The third-order valence-electron chi connectivity index (χ3n) is 3.58. The number of carbonyl (C=O) groups excluding carboxylic acids is 1. The molecule has 0 radical (unpaired) electrons. The van der Waals surface area contributed by atoms with Crippen molar-refractivity contribution in [2.24, 2.45) is 0 Å². The molecule has 4 heteroatoms. The average Bonchev–Trinajstić information content (AvgIpc) is 2.50. The van der Waals surface area contributed by atoms with Gasteiger partial charge in [-0.3, -0.25) is 10.1 Å². The van der Waals surface area contributed by atoms with Crippen LogP contribution in [0.4, 0.5) is 10.1 Å². The summed E-state index contributed by atoms with van der Waals surface area (Å²) < 4.78 is 12.9. The molecular weight excluding hydrogens is 279 g/mol. The number of aryl methyl sites for hydroxylation is 1. The Balaban J connectivity index is 1.93. The summed E-state index contributed by atoms with van der Waals surface area (Å²) in [6, 6.07) is 13.5. The van der Waals surface area contributed by atoms with Gasteiger partial charge < -0.3 is 5.32 Å². The quantitative estimate of drug-likeness (QED) is 0.881. The smallest absolute Gasteiger partial charge is 0.241 e. The minimum absolute atomic E-state index is 0.0423. The van der Waals surface area contributed by atoms with Crippen LogP contribution in [0.3, 0.4) is 0 Å². The summed E-state index contributed by atoms with van der Waals surface area (Å²) in [4.78, 5) is 12.2. The van der Waals surface area contributed by atoms with E-state index in [0.29, 0.717) is 0 Å². The number of anilines is 1. The van der Waals surface area contributed by atoms with Crippen LogP contribution in [0, 0.1) is 12.7 Å². The van der Waals surface area contributed by atoms with Gasteiger partial charge in [0, 0.05) is 11.7 Å². The van der Waals surface area contributed by atoms with Gasteiger partial charge in [0.15, 0.2) is 0 Å². The lowest BCUT2D eigenvalue weighted by Gasteiger charge is -2.20. The number of hydrogen-bond donors (Lipinski definition) is 2. The molecule has 2 aromatic rings. The molecule has 0 aromatic heterocycles. The van der Waals surface area contributed by atoms with Crippen LogP contribution in [0.1, 0.15) is 31.0 Å². The summed E-state index contributed by atoms with van der Waals surface area (Å²) in [6.07, 6.45) is 0. The summed E-state index contributed by atoms with van der Waals surface area (Å²) in [6.45, 7) is 5.76. The van der Waals surface area contributed by atoms with Gasteiger partial charge in [0.05, 0.1) is 6.04 Å². The van der Waals surface area contributed by atoms with Gasteiger partial charge in [-0.1, -0.05) is 29.8 Å². The van der Waals surface area contributed by atoms with Crippen molar-refractivity contribution in [3.05, 3.63) is 65.5 Å². The van der Waals surface area contributed by atoms with Gasteiger partial charge in [-0.2, -0.15) is 0 Å². The van der Waals surface area contributed by atoms with Crippen molar-refractivity contribution < 1.29 is 9.18 Å². The van der Waals surface area contributed by atoms with Gasteiger partial charge in [0.2, 0.25) is 5.91 Å². The van der Waals surface area contributed by atoms with Crippen molar-refractivity contribution in [1.82, 2.24) is 5.32 Å². The average molecular weight is 300 g/mol. The summed E-state index contributed by atoms with van der Waals surface area (Å²) in [5, 5.41) is 6.09. The zero-order valence-corrected chi connectivity index (χ0v) is 13.1. The van der Waals surface area contributed by atoms with Crippen molar-refractivity contribution >= 4 is 11.6 Å². The Morgan fingerprint density at radius 1 is 1.00 bits per heavy atom. The fourth-order valence-electron chi connectivity index (χ4n) is 2.19. The molecule has 0 aliphatic carbocycles. The molecule has 116 valence electrons. The molecule has 2 N–H and O–H groups in total. The largest absolute Gasteiger partial charge is 0.325 e. The Bertz CT molecular complexity index is 623. The molecule has 0 bridgehead atoms. The van der Waals surface area contributed by atoms with Crippen LogP contribution in [0.15, 0.2) is 48.5 Å². The van der Waals surface area contributed by atoms with Crippen LogP contribution in [-0.2, 0) is 4.79 Å². The lowest BCUT2D eigenvalue weighted by molar-refractivity contribution is -0.117. The molecule has 0 saturated carbocycles. The van der Waals surface area contributed by atoms with Crippen molar-refractivity contribution in [3.63, 3.8) is 0 Å². The molecule has 0 fully saturated rings. The van der Waals surface area contributed by atoms with Crippen LogP contribution < -0.4 is 10.6 Å². The lowest BCUT2D eigenvalue weighted by Crippen LogP contribution is -2.39. The van der Waals surface area contributed by atoms with Crippen LogP contribution in [0.25, 0.3) is 0 Å². The van der Waals surface area contributed by atoms with E-state index in [-0.39, 0.29) is 23.8 Å². The molecule has 0 unspecified atom stereocenters. The number of hydrogen-bond acceptors (Lipinski definition) is 2. The molecule has 0 saturated heterocycles. The van der Waals surface area contributed by atoms with Gasteiger partial charge in [-0.05, 0) is 50.6 Å². The fourth-order valence-corrected chi connectivity index (χ4v) is 2.19. The Labute approximate surface area is 130 Å². The maximum Gasteiger partial charge on any atom is 0.241 e. The van der Waals surface area contributed by atoms with E-state index in [1.807, 2.05) is 45.0 Å². The first kappa shape index (κ1) is 16.2. The molecule has 0 heterocycles. The number of amides is 1. The summed E-state index contributed by atoms with van der Waals surface area (Å²) >= 11 is 0. The van der Waals surface area contributed by atoms with Crippen molar-refractivity contribution in [1.29, 1.82) is 0 Å². The molecule has 0 aliphatic heterocycles. The molecule has 2 atom stereocenters. The highest BCUT2D eigenvalue weighted by molar-refractivity contribution is 5.94. The highest BCUT2D eigenvalue weighted by Gasteiger charge is 2.16. The predicted octanol–water partition coefficient (Wildman–Crippen LogP) is 3.81. The molecule has 2 aromatic carbocycles. The van der Waals surface area contributed by atoms with Gasteiger partial charge in [-0.25, -0.2) is 4.39 Å². The minimum atomic E-state index is -0.360. The molecule has 22 heavy (non-hydrogen) atoms. The normalized spacial score (nSPS) is 13.5. The first-order valence-corrected chi connectivity index (χ1v) is 7.35. The van der Waals surface area contributed by atoms with Crippen LogP contribution >= 0.6 is 0 Å². The van der Waals surface area contributed by atoms with Gasteiger partial charge >= 0.3 is 0 Å². The van der Waals surface area contributed by atoms with Gasteiger partial charge in [-0.15, -0.1) is 0 Å². The number of rotatable bonds is 5. The van der Waals surface area contributed by atoms with E-state index >= 15 is 0 Å². The topological polar surface area (TPSA) is 41.1 Å². The zero-order chi connectivity index (χ0) is 16.1. The van der Waals surface area contributed by atoms with Crippen molar-refractivity contribution in [2.75, 3.05) is 5.32 Å². The number of benzene rings is 2. The van der Waals surface area contributed by atoms with Crippen molar-refractivity contribution in [3.8, 4) is 0 Å². The Hall–Kier alpha value is -2.20. The van der Waals surface area contributed by atoms with Crippen LogP contribution in [0.2, 0.25) is 0 Å². The monoisotopic (exact) mass is 300 g/mol. The molecule has 2 rings (SSSR count).